The number of rotatable bonds is 4. The number of aryl methyl sites for hydroxylation is 1. The molecule has 0 saturated heterocycles. The summed E-state index contributed by atoms with van der Waals surface area (Å²) in [4.78, 5) is 14.6. The van der Waals surface area contributed by atoms with Crippen LogP contribution in [0.2, 0.25) is 0 Å². The molecule has 0 bridgehead atoms. The van der Waals surface area contributed by atoms with Gasteiger partial charge in [0.2, 0.25) is 0 Å². The van der Waals surface area contributed by atoms with Crippen LogP contribution in [0.5, 0.6) is 0 Å². The average Bonchev–Trinajstić information content (AvgIpc) is 3.16. The lowest BCUT2D eigenvalue weighted by molar-refractivity contribution is -0.384. The first-order valence-electron chi connectivity index (χ1n) is 8.19. The normalized spacial score (nSPS) is 14.1. The molecule has 3 aromatic rings. The van der Waals surface area contributed by atoms with Crippen LogP contribution in [-0.4, -0.2) is 29.8 Å². The third-order valence-corrected chi connectivity index (χ3v) is 4.30. The Kier molecular flexibility index (Phi) is 3.96. The van der Waals surface area contributed by atoms with Gasteiger partial charge in [0.15, 0.2) is 5.82 Å². The van der Waals surface area contributed by atoms with E-state index in [4.69, 9.17) is 4.52 Å². The molecule has 0 saturated carbocycles. The minimum atomic E-state index is -0.444. The highest BCUT2D eigenvalue weighted by Crippen LogP contribution is 2.22. The zero-order chi connectivity index (χ0) is 17.2. The van der Waals surface area contributed by atoms with Crippen LogP contribution >= 0.6 is 0 Å². The summed E-state index contributed by atoms with van der Waals surface area (Å²) in [5.74, 6) is 2.72. The zero-order valence-electron chi connectivity index (χ0n) is 13.5. The number of hydrogen-bond donors (Lipinski definition) is 0. The summed E-state index contributed by atoms with van der Waals surface area (Å²) in [5.41, 5.74) is 0.666. The molecule has 3 heterocycles. The van der Waals surface area contributed by atoms with Gasteiger partial charge in [-0.05, 0) is 25.0 Å². The monoisotopic (exact) mass is 340 g/mol. The van der Waals surface area contributed by atoms with Gasteiger partial charge in [0, 0.05) is 30.7 Å². The first kappa shape index (κ1) is 15.4. The molecular weight excluding hydrogens is 324 g/mol. The van der Waals surface area contributed by atoms with Gasteiger partial charge < -0.3 is 9.09 Å². The number of nitro groups is 1. The van der Waals surface area contributed by atoms with Gasteiger partial charge in [-0.3, -0.25) is 10.1 Å². The molecule has 128 valence electrons. The maximum Gasteiger partial charge on any atom is 0.269 e. The lowest BCUT2D eigenvalue weighted by Gasteiger charge is -2.04. The minimum absolute atomic E-state index is 0.0228. The number of non-ortho nitro benzene ring substituents is 1. The Balaban J connectivity index is 1.54. The molecule has 0 atom stereocenters. The van der Waals surface area contributed by atoms with E-state index < -0.39 is 4.92 Å². The highest BCUT2D eigenvalue weighted by atomic mass is 16.6. The number of nitrogens with zero attached hydrogens (tertiary/aromatic N) is 6. The fraction of sp³-hybridized carbons (Fsp3) is 0.375. The Morgan fingerprint density at radius 3 is 2.80 bits per heavy atom. The van der Waals surface area contributed by atoms with Crippen LogP contribution in [0, 0.1) is 10.1 Å². The number of aromatic nitrogens is 5. The predicted molar refractivity (Wildman–Crippen MR) is 86.8 cm³/mol. The fourth-order valence-electron chi connectivity index (χ4n) is 2.99. The first-order valence-corrected chi connectivity index (χ1v) is 8.19. The number of hydrogen-bond acceptors (Lipinski definition) is 7. The van der Waals surface area contributed by atoms with E-state index in [-0.39, 0.29) is 5.69 Å². The summed E-state index contributed by atoms with van der Waals surface area (Å²) in [6, 6.07) is 6.02. The highest BCUT2D eigenvalue weighted by Gasteiger charge is 2.18. The summed E-state index contributed by atoms with van der Waals surface area (Å²) >= 11 is 0. The van der Waals surface area contributed by atoms with Crippen LogP contribution < -0.4 is 0 Å². The number of nitro benzene ring substituents is 1. The fourth-order valence-corrected chi connectivity index (χ4v) is 2.99. The van der Waals surface area contributed by atoms with E-state index in [0.717, 1.165) is 37.5 Å². The summed E-state index contributed by atoms with van der Waals surface area (Å²) in [6.45, 7) is 0.921. The van der Waals surface area contributed by atoms with Gasteiger partial charge in [0.1, 0.15) is 11.6 Å². The van der Waals surface area contributed by atoms with Gasteiger partial charge in [-0.15, -0.1) is 10.2 Å². The van der Waals surface area contributed by atoms with E-state index in [0.29, 0.717) is 23.7 Å². The van der Waals surface area contributed by atoms with Gasteiger partial charge in [0.05, 0.1) is 11.3 Å². The molecule has 0 aliphatic carbocycles. The van der Waals surface area contributed by atoms with Gasteiger partial charge in [-0.1, -0.05) is 11.6 Å². The van der Waals surface area contributed by atoms with E-state index in [1.165, 1.54) is 18.6 Å². The number of fused-ring (bicyclic) bond motifs is 1. The summed E-state index contributed by atoms with van der Waals surface area (Å²) in [5, 5.41) is 23.2. The molecule has 0 unspecified atom stereocenters. The second-order valence-electron chi connectivity index (χ2n) is 5.99. The Hall–Kier alpha value is -3.10. The van der Waals surface area contributed by atoms with Crippen molar-refractivity contribution in [2.24, 2.45) is 0 Å². The lowest BCUT2D eigenvalue weighted by Crippen LogP contribution is -2.07. The van der Waals surface area contributed by atoms with Crippen molar-refractivity contribution in [1.82, 2.24) is 24.9 Å². The maximum absolute atomic E-state index is 10.7. The Morgan fingerprint density at radius 2 is 2.00 bits per heavy atom. The van der Waals surface area contributed by atoms with Gasteiger partial charge in [-0.2, -0.15) is 4.98 Å². The number of benzene rings is 1. The van der Waals surface area contributed by atoms with Crippen molar-refractivity contribution >= 4 is 5.69 Å². The van der Waals surface area contributed by atoms with Crippen LogP contribution in [0.3, 0.4) is 0 Å². The molecule has 1 aromatic carbocycles. The van der Waals surface area contributed by atoms with Gasteiger partial charge >= 0.3 is 0 Å². The Labute approximate surface area is 142 Å². The molecule has 0 radical (unpaired) electrons. The molecular formula is C16H16N6O3. The summed E-state index contributed by atoms with van der Waals surface area (Å²) in [6.07, 6.45) is 4.87. The van der Waals surface area contributed by atoms with Crippen LogP contribution in [0.25, 0.3) is 11.5 Å². The van der Waals surface area contributed by atoms with Crippen molar-refractivity contribution in [3.63, 3.8) is 0 Å². The molecule has 25 heavy (non-hydrogen) atoms. The smallest absolute Gasteiger partial charge is 0.269 e. The molecule has 1 aliphatic heterocycles. The van der Waals surface area contributed by atoms with Crippen LogP contribution in [0.15, 0.2) is 28.8 Å². The summed E-state index contributed by atoms with van der Waals surface area (Å²) in [7, 11) is 0. The second kappa shape index (κ2) is 6.42. The zero-order valence-corrected chi connectivity index (χ0v) is 13.5. The van der Waals surface area contributed by atoms with Crippen LogP contribution in [-0.2, 0) is 19.4 Å². The van der Waals surface area contributed by atoms with Crippen molar-refractivity contribution in [3.05, 3.63) is 51.9 Å². The molecule has 0 fully saturated rings. The molecule has 0 amide bonds. The van der Waals surface area contributed by atoms with Gasteiger partial charge in [0.25, 0.3) is 11.6 Å². The largest absolute Gasteiger partial charge is 0.334 e. The predicted octanol–water partition coefficient (Wildman–Crippen LogP) is 2.55. The molecule has 0 spiro atoms. The Bertz CT molecular complexity index is 899. The van der Waals surface area contributed by atoms with Gasteiger partial charge in [-0.25, -0.2) is 0 Å². The maximum atomic E-state index is 10.7. The lowest BCUT2D eigenvalue weighted by atomic mass is 10.2. The standard InChI is InChI=1S/C16H16N6O3/c23-22(24)12-7-5-11(6-8-12)16-17-13(20-25-16)10-15-19-18-14-4-2-1-3-9-21(14)15/h5-8H,1-4,9-10H2. The minimum Gasteiger partial charge on any atom is -0.334 e. The van der Waals surface area contributed by atoms with Crippen molar-refractivity contribution < 1.29 is 9.45 Å². The van der Waals surface area contributed by atoms with Crippen molar-refractivity contribution in [2.45, 2.75) is 38.6 Å². The molecule has 1 aliphatic rings. The third kappa shape index (κ3) is 3.12. The second-order valence-corrected chi connectivity index (χ2v) is 5.99. The molecule has 0 N–H and O–H groups in total. The molecule has 4 rings (SSSR count). The van der Waals surface area contributed by atoms with Crippen LogP contribution in [0.4, 0.5) is 5.69 Å². The van der Waals surface area contributed by atoms with E-state index in [9.17, 15) is 10.1 Å². The van der Waals surface area contributed by atoms with Crippen molar-refractivity contribution in [3.8, 4) is 11.5 Å². The first-order chi connectivity index (χ1) is 12.2. The topological polar surface area (TPSA) is 113 Å². The molecule has 9 heteroatoms. The summed E-state index contributed by atoms with van der Waals surface area (Å²) < 4.78 is 7.43. The average molecular weight is 340 g/mol. The van der Waals surface area contributed by atoms with E-state index >= 15 is 0 Å². The highest BCUT2D eigenvalue weighted by molar-refractivity contribution is 5.55. The van der Waals surface area contributed by atoms with Crippen LogP contribution in [0.1, 0.15) is 36.7 Å². The van der Waals surface area contributed by atoms with E-state index in [1.54, 1.807) is 12.1 Å². The third-order valence-electron chi connectivity index (χ3n) is 4.30. The van der Waals surface area contributed by atoms with E-state index in [2.05, 4.69) is 24.9 Å². The van der Waals surface area contributed by atoms with E-state index in [1.807, 2.05) is 0 Å². The Morgan fingerprint density at radius 1 is 1.16 bits per heavy atom. The molecule has 2 aromatic heterocycles. The van der Waals surface area contributed by atoms with Crippen molar-refractivity contribution in [2.75, 3.05) is 0 Å². The molecule has 9 nitrogen and oxygen atoms in total. The SMILES string of the molecule is O=[N+]([O-])c1ccc(-c2nc(Cc3nnc4n3CCCCC4)no2)cc1. The quantitative estimate of drug-likeness (QED) is 0.529. The van der Waals surface area contributed by atoms with Crippen molar-refractivity contribution in [1.29, 1.82) is 0 Å².